The highest BCUT2D eigenvalue weighted by Gasteiger charge is 2.13. The first-order chi connectivity index (χ1) is 9.43. The van der Waals surface area contributed by atoms with Crippen LogP contribution in [0.2, 0.25) is 0 Å². The Morgan fingerprint density at radius 1 is 1.50 bits per heavy atom. The minimum absolute atomic E-state index is 0.0516. The van der Waals surface area contributed by atoms with Crippen LogP contribution in [0, 0.1) is 16.0 Å². The number of carbonyl (C=O) groups excluding carboxylic acids is 1. The summed E-state index contributed by atoms with van der Waals surface area (Å²) in [6.07, 6.45) is 1.80. The van der Waals surface area contributed by atoms with Crippen LogP contribution < -0.4 is 11.1 Å². The lowest BCUT2D eigenvalue weighted by molar-refractivity contribution is -0.384. The minimum Gasteiger partial charge on any atom is -0.506 e. The second-order valence-electron chi connectivity index (χ2n) is 4.73. The van der Waals surface area contributed by atoms with E-state index in [2.05, 4.69) is 5.32 Å². The van der Waals surface area contributed by atoms with Gasteiger partial charge in [-0.15, -0.1) is 0 Å². The number of aromatic hydroxyl groups is 1. The highest BCUT2D eigenvalue weighted by molar-refractivity contribution is 5.92. The molecule has 0 bridgehead atoms. The van der Waals surface area contributed by atoms with Gasteiger partial charge in [0.1, 0.15) is 5.75 Å². The van der Waals surface area contributed by atoms with E-state index in [0.29, 0.717) is 18.9 Å². The molecule has 0 fully saturated rings. The molecule has 1 atom stereocenters. The normalized spacial score (nSPS) is 11.9. The Morgan fingerprint density at radius 3 is 2.80 bits per heavy atom. The molecular formula is C13H19N3O4. The summed E-state index contributed by atoms with van der Waals surface area (Å²) < 4.78 is 0. The summed E-state index contributed by atoms with van der Waals surface area (Å²) in [5, 5.41) is 22.7. The maximum atomic E-state index is 11.7. The smallest absolute Gasteiger partial charge is 0.271 e. The van der Waals surface area contributed by atoms with Gasteiger partial charge in [0, 0.05) is 18.6 Å². The van der Waals surface area contributed by atoms with Crippen molar-refractivity contribution in [3.05, 3.63) is 28.3 Å². The lowest BCUT2D eigenvalue weighted by Gasteiger charge is -2.10. The zero-order valence-electron chi connectivity index (χ0n) is 11.3. The standard InChI is InChI=1S/C13H19N3O4/c1-9(6-7-14)2-5-13(18)15-11-8-10(16(19)20)3-4-12(11)17/h3-4,8-9,17H,2,5-7,14H2,1H3,(H,15,18). The molecule has 7 heteroatoms. The summed E-state index contributed by atoms with van der Waals surface area (Å²) in [7, 11) is 0. The van der Waals surface area contributed by atoms with Crippen LogP contribution in [-0.4, -0.2) is 22.5 Å². The molecule has 1 unspecified atom stereocenters. The van der Waals surface area contributed by atoms with Gasteiger partial charge in [0.05, 0.1) is 10.6 Å². The third-order valence-electron chi connectivity index (χ3n) is 2.99. The topological polar surface area (TPSA) is 118 Å². The van der Waals surface area contributed by atoms with E-state index >= 15 is 0 Å². The number of anilines is 1. The van der Waals surface area contributed by atoms with Gasteiger partial charge in [-0.3, -0.25) is 14.9 Å². The van der Waals surface area contributed by atoms with E-state index in [1.807, 2.05) is 6.92 Å². The first kappa shape index (κ1) is 15.9. The molecule has 1 amide bonds. The number of nitrogens with one attached hydrogen (secondary N) is 1. The lowest BCUT2D eigenvalue weighted by Crippen LogP contribution is -2.14. The Morgan fingerprint density at radius 2 is 2.20 bits per heavy atom. The fourth-order valence-corrected chi connectivity index (χ4v) is 1.76. The summed E-state index contributed by atoms with van der Waals surface area (Å²) in [6, 6.07) is 3.50. The van der Waals surface area contributed by atoms with Gasteiger partial charge in [0.25, 0.3) is 5.69 Å². The second-order valence-corrected chi connectivity index (χ2v) is 4.73. The van der Waals surface area contributed by atoms with E-state index in [1.165, 1.54) is 12.1 Å². The molecule has 0 saturated heterocycles. The van der Waals surface area contributed by atoms with E-state index < -0.39 is 4.92 Å². The highest BCUT2D eigenvalue weighted by Crippen LogP contribution is 2.28. The van der Waals surface area contributed by atoms with Crippen molar-refractivity contribution in [2.75, 3.05) is 11.9 Å². The van der Waals surface area contributed by atoms with Crippen molar-refractivity contribution < 1.29 is 14.8 Å². The number of phenolic OH excluding ortho intramolecular Hbond substituents is 1. The van der Waals surface area contributed by atoms with Crippen LogP contribution in [0.25, 0.3) is 0 Å². The van der Waals surface area contributed by atoms with Gasteiger partial charge >= 0.3 is 0 Å². The summed E-state index contributed by atoms with van der Waals surface area (Å²) in [4.78, 5) is 21.8. The molecule has 0 aliphatic rings. The Labute approximate surface area is 116 Å². The van der Waals surface area contributed by atoms with Gasteiger partial charge in [-0.2, -0.15) is 0 Å². The van der Waals surface area contributed by atoms with Crippen molar-refractivity contribution in [2.24, 2.45) is 11.7 Å². The Hall–Kier alpha value is -2.15. The predicted molar refractivity (Wildman–Crippen MR) is 75.5 cm³/mol. The zero-order chi connectivity index (χ0) is 15.1. The van der Waals surface area contributed by atoms with Crippen molar-refractivity contribution in [2.45, 2.75) is 26.2 Å². The Bertz CT molecular complexity index is 491. The van der Waals surface area contributed by atoms with Gasteiger partial charge in [-0.05, 0) is 31.4 Å². The van der Waals surface area contributed by atoms with Crippen molar-refractivity contribution in [3.8, 4) is 5.75 Å². The maximum absolute atomic E-state index is 11.7. The SMILES string of the molecule is CC(CCN)CCC(=O)Nc1cc([N+](=O)[O-])ccc1O. The highest BCUT2D eigenvalue weighted by atomic mass is 16.6. The molecule has 20 heavy (non-hydrogen) atoms. The largest absolute Gasteiger partial charge is 0.506 e. The molecule has 110 valence electrons. The first-order valence-electron chi connectivity index (χ1n) is 6.41. The molecular weight excluding hydrogens is 262 g/mol. The molecule has 4 N–H and O–H groups in total. The lowest BCUT2D eigenvalue weighted by atomic mass is 10.0. The summed E-state index contributed by atoms with van der Waals surface area (Å²) in [5.74, 6) is -0.145. The van der Waals surface area contributed by atoms with Gasteiger partial charge in [0.2, 0.25) is 5.91 Å². The molecule has 0 heterocycles. The molecule has 7 nitrogen and oxygen atoms in total. The number of hydrogen-bond acceptors (Lipinski definition) is 5. The molecule has 1 aromatic carbocycles. The van der Waals surface area contributed by atoms with E-state index in [9.17, 15) is 20.0 Å². The van der Waals surface area contributed by atoms with Crippen LogP contribution in [0.1, 0.15) is 26.2 Å². The first-order valence-corrected chi connectivity index (χ1v) is 6.41. The number of rotatable bonds is 7. The summed E-state index contributed by atoms with van der Waals surface area (Å²) in [5.41, 5.74) is 5.29. The van der Waals surface area contributed by atoms with Crippen LogP contribution >= 0.6 is 0 Å². The fourth-order valence-electron chi connectivity index (χ4n) is 1.76. The molecule has 0 spiro atoms. The van der Waals surface area contributed by atoms with Gasteiger partial charge in [0.15, 0.2) is 0 Å². The maximum Gasteiger partial charge on any atom is 0.271 e. The number of carbonyl (C=O) groups is 1. The molecule has 1 rings (SSSR count). The van der Waals surface area contributed by atoms with E-state index in [0.717, 1.165) is 12.5 Å². The zero-order valence-corrected chi connectivity index (χ0v) is 11.3. The number of nitrogens with zero attached hydrogens (tertiary/aromatic N) is 1. The van der Waals surface area contributed by atoms with E-state index in [1.54, 1.807) is 0 Å². The van der Waals surface area contributed by atoms with Crippen molar-refractivity contribution in [1.82, 2.24) is 0 Å². The molecule has 0 aliphatic carbocycles. The van der Waals surface area contributed by atoms with Crippen LogP contribution in [0.15, 0.2) is 18.2 Å². The van der Waals surface area contributed by atoms with E-state index in [-0.39, 0.29) is 29.5 Å². The monoisotopic (exact) mass is 281 g/mol. The molecule has 0 aromatic heterocycles. The third kappa shape index (κ3) is 4.85. The van der Waals surface area contributed by atoms with Crippen LogP contribution in [0.5, 0.6) is 5.75 Å². The summed E-state index contributed by atoms with van der Waals surface area (Å²) >= 11 is 0. The number of phenols is 1. The molecule has 0 aliphatic heterocycles. The van der Waals surface area contributed by atoms with Crippen LogP contribution in [-0.2, 0) is 4.79 Å². The van der Waals surface area contributed by atoms with Crippen molar-refractivity contribution >= 4 is 17.3 Å². The molecule has 0 radical (unpaired) electrons. The van der Waals surface area contributed by atoms with Crippen molar-refractivity contribution in [1.29, 1.82) is 0 Å². The Balaban J connectivity index is 2.61. The predicted octanol–water partition coefficient (Wildman–Crippen LogP) is 2.00. The number of amides is 1. The van der Waals surface area contributed by atoms with Crippen LogP contribution in [0.4, 0.5) is 11.4 Å². The number of hydrogen-bond donors (Lipinski definition) is 3. The Kier molecular flexibility index (Phi) is 5.92. The van der Waals surface area contributed by atoms with Crippen molar-refractivity contribution in [3.63, 3.8) is 0 Å². The van der Waals surface area contributed by atoms with Gasteiger partial charge in [-0.25, -0.2) is 0 Å². The van der Waals surface area contributed by atoms with Gasteiger partial charge in [-0.1, -0.05) is 6.92 Å². The van der Waals surface area contributed by atoms with Crippen LogP contribution in [0.3, 0.4) is 0 Å². The number of nitro benzene ring substituents is 1. The molecule has 0 saturated carbocycles. The quantitative estimate of drug-likeness (QED) is 0.401. The third-order valence-corrected chi connectivity index (χ3v) is 2.99. The van der Waals surface area contributed by atoms with Gasteiger partial charge < -0.3 is 16.2 Å². The van der Waals surface area contributed by atoms with E-state index in [4.69, 9.17) is 5.73 Å². The second kappa shape index (κ2) is 7.44. The fraction of sp³-hybridized carbons (Fsp3) is 0.462. The average Bonchev–Trinajstić information content (AvgIpc) is 2.39. The number of nitro groups is 1. The number of nitrogens with two attached hydrogens (primary N) is 1. The summed E-state index contributed by atoms with van der Waals surface area (Å²) in [6.45, 7) is 2.58. The number of benzene rings is 1. The average molecular weight is 281 g/mol. The number of non-ortho nitro benzene ring substituents is 1. The minimum atomic E-state index is -0.585. The molecule has 1 aromatic rings.